The molecule has 1 amide bonds. The Labute approximate surface area is 224 Å². The molecule has 4 saturated carbocycles. The maximum atomic E-state index is 13.1. The van der Waals surface area contributed by atoms with Crippen molar-refractivity contribution in [3.63, 3.8) is 0 Å². The van der Waals surface area contributed by atoms with Crippen molar-refractivity contribution in [2.45, 2.75) is 123 Å². The van der Waals surface area contributed by atoms with Crippen LogP contribution in [0.25, 0.3) is 0 Å². The first kappa shape index (κ1) is 27.2. The molecule has 5 aliphatic rings. The third-order valence-electron chi connectivity index (χ3n) is 12.6. The molecule has 0 unspecified atom stereocenters. The van der Waals surface area contributed by atoms with Crippen LogP contribution in [0.3, 0.4) is 0 Å². The highest BCUT2D eigenvalue weighted by Gasteiger charge is 2.59. The van der Waals surface area contributed by atoms with E-state index in [4.69, 9.17) is 0 Å². The largest absolute Gasteiger partial charge is 0.481 e. The third kappa shape index (κ3) is 4.80. The number of carboxylic acid groups (broad SMARTS) is 1. The molecule has 0 bridgehead atoms. The van der Waals surface area contributed by atoms with Crippen molar-refractivity contribution >= 4 is 11.9 Å². The van der Waals surface area contributed by atoms with Gasteiger partial charge >= 0.3 is 5.97 Å². The van der Waals surface area contributed by atoms with Crippen molar-refractivity contribution < 1.29 is 19.8 Å². The monoisotopic (exact) mass is 513 g/mol. The molecule has 0 radical (unpaired) electrons. The minimum atomic E-state index is -0.685. The van der Waals surface area contributed by atoms with Gasteiger partial charge in [-0.1, -0.05) is 32.4 Å². The Morgan fingerprint density at radius 2 is 1.76 bits per heavy atom. The number of hydrogen-bond acceptors (Lipinski definition) is 3. The molecule has 5 nitrogen and oxygen atoms in total. The molecule has 5 rings (SSSR count). The maximum absolute atomic E-state index is 13.1. The zero-order valence-electron chi connectivity index (χ0n) is 23.8. The van der Waals surface area contributed by atoms with Crippen LogP contribution < -0.4 is 0 Å². The highest BCUT2D eigenvalue weighted by molar-refractivity contribution is 5.76. The fourth-order valence-corrected chi connectivity index (χ4v) is 10.3. The lowest BCUT2D eigenvalue weighted by Gasteiger charge is -2.58. The first-order chi connectivity index (χ1) is 17.5. The smallest absolute Gasteiger partial charge is 0.306 e. The number of carboxylic acids is 1. The zero-order chi connectivity index (χ0) is 26.5. The molecule has 0 aliphatic heterocycles. The number of aliphatic hydroxyl groups is 1. The van der Waals surface area contributed by atoms with Gasteiger partial charge in [-0.25, -0.2) is 0 Å². The van der Waals surface area contributed by atoms with Gasteiger partial charge in [0.25, 0.3) is 0 Å². The second-order valence-corrected chi connectivity index (χ2v) is 14.2. The second kappa shape index (κ2) is 10.3. The highest BCUT2D eigenvalue weighted by Crippen LogP contribution is 2.67. The third-order valence-corrected chi connectivity index (χ3v) is 12.6. The van der Waals surface area contributed by atoms with E-state index in [0.29, 0.717) is 41.9 Å². The molecule has 5 aliphatic carbocycles. The van der Waals surface area contributed by atoms with Crippen molar-refractivity contribution in [1.29, 1.82) is 0 Å². The normalized spacial score (nSPS) is 44.1. The van der Waals surface area contributed by atoms with Crippen LogP contribution in [0.15, 0.2) is 11.6 Å². The highest BCUT2D eigenvalue weighted by atomic mass is 16.4. The first-order valence-corrected chi connectivity index (χ1v) is 15.4. The molecule has 5 heteroatoms. The average molecular weight is 514 g/mol. The molecular weight excluding hydrogens is 462 g/mol. The Bertz CT molecular complexity index is 906. The predicted molar refractivity (Wildman–Crippen MR) is 146 cm³/mol. The molecule has 0 aromatic carbocycles. The van der Waals surface area contributed by atoms with Crippen LogP contribution >= 0.6 is 0 Å². The fraction of sp³-hybridized carbons (Fsp3) is 0.875. The molecule has 0 aromatic rings. The number of aliphatic hydroxyl groups excluding tert-OH is 1. The van der Waals surface area contributed by atoms with Crippen molar-refractivity contribution in [3.8, 4) is 0 Å². The van der Waals surface area contributed by atoms with Crippen LogP contribution in [0.4, 0.5) is 0 Å². The number of carbonyl (C=O) groups excluding carboxylic acids is 1. The van der Waals surface area contributed by atoms with Crippen molar-refractivity contribution in [2.75, 3.05) is 7.05 Å². The van der Waals surface area contributed by atoms with Crippen molar-refractivity contribution in [3.05, 3.63) is 11.6 Å². The quantitative estimate of drug-likeness (QED) is 0.400. The molecule has 0 saturated heterocycles. The standard InChI is InChI=1S/C32H51NO4/c1-20(5-14-29(35)33(4)23-9-6-21(7-10-23)30(36)37)26-12-13-27-25-11-8-22-19-24(34)15-17-31(22,2)28(25)16-18-32(26,27)3/h8,20-21,23-28,34H,5-7,9-19H2,1-4H3,(H,36,37)/t20-,21-,23-,24+,25+,26-,27+,28+,31+,32-/m1/s1. The maximum Gasteiger partial charge on any atom is 0.306 e. The van der Waals surface area contributed by atoms with Gasteiger partial charge in [-0.3, -0.25) is 9.59 Å². The van der Waals surface area contributed by atoms with E-state index in [1.54, 1.807) is 5.57 Å². The predicted octanol–water partition coefficient (Wildman–Crippen LogP) is 6.44. The van der Waals surface area contributed by atoms with Crippen LogP contribution in [-0.4, -0.2) is 46.2 Å². The SMILES string of the molecule is C[C@H](CCC(=O)N(C)[C@H]1CC[C@H](C(=O)O)CC1)[C@H]1CC[C@H]2[C@@H]3CC=C4C[C@@H](O)CC[C@]4(C)[C@H]3CC[C@]12C. The van der Waals surface area contributed by atoms with Crippen LogP contribution in [0, 0.1) is 46.3 Å². The Kier molecular flexibility index (Phi) is 7.59. The Morgan fingerprint density at radius 1 is 1.03 bits per heavy atom. The summed E-state index contributed by atoms with van der Waals surface area (Å²) < 4.78 is 0. The van der Waals surface area contributed by atoms with Crippen molar-refractivity contribution in [1.82, 2.24) is 4.90 Å². The van der Waals surface area contributed by atoms with Crippen LogP contribution in [0.1, 0.15) is 111 Å². The lowest BCUT2D eigenvalue weighted by Crippen LogP contribution is -2.50. The van der Waals surface area contributed by atoms with E-state index in [1.165, 1.54) is 32.1 Å². The number of amides is 1. The van der Waals surface area contributed by atoms with Crippen LogP contribution in [-0.2, 0) is 9.59 Å². The molecule has 8 atom stereocenters. The molecule has 2 N–H and O–H groups in total. The van der Waals surface area contributed by atoms with Gasteiger partial charge in [0.15, 0.2) is 0 Å². The second-order valence-electron chi connectivity index (χ2n) is 14.2. The van der Waals surface area contributed by atoms with E-state index < -0.39 is 5.97 Å². The van der Waals surface area contributed by atoms with E-state index in [9.17, 15) is 19.8 Å². The summed E-state index contributed by atoms with van der Waals surface area (Å²) in [5.74, 6) is 2.94. The van der Waals surface area contributed by atoms with E-state index >= 15 is 0 Å². The van der Waals surface area contributed by atoms with Gasteiger partial charge in [0, 0.05) is 19.5 Å². The summed E-state index contributed by atoms with van der Waals surface area (Å²) in [6.45, 7) is 7.50. The Balaban J connectivity index is 1.18. The topological polar surface area (TPSA) is 77.8 Å². The van der Waals surface area contributed by atoms with Gasteiger partial charge in [-0.2, -0.15) is 0 Å². The van der Waals surface area contributed by atoms with Crippen molar-refractivity contribution in [2.24, 2.45) is 46.3 Å². The molecule has 0 spiro atoms. The number of rotatable bonds is 6. The lowest BCUT2D eigenvalue weighted by atomic mass is 9.47. The van der Waals surface area contributed by atoms with Crippen LogP contribution in [0.5, 0.6) is 0 Å². The summed E-state index contributed by atoms with van der Waals surface area (Å²) in [6.07, 6.45) is 16.5. The van der Waals surface area contributed by atoms with Gasteiger partial charge in [0.05, 0.1) is 12.0 Å². The number of allylic oxidation sites excluding steroid dienone is 1. The molecular formula is C32H51NO4. The van der Waals surface area contributed by atoms with Gasteiger partial charge in [0.2, 0.25) is 5.91 Å². The van der Waals surface area contributed by atoms with Gasteiger partial charge < -0.3 is 15.1 Å². The van der Waals surface area contributed by atoms with E-state index in [2.05, 4.69) is 26.8 Å². The summed E-state index contributed by atoms with van der Waals surface area (Å²) in [4.78, 5) is 26.3. The van der Waals surface area contributed by atoms with Gasteiger partial charge in [0.1, 0.15) is 0 Å². The van der Waals surface area contributed by atoms with E-state index in [1.807, 2.05) is 11.9 Å². The minimum absolute atomic E-state index is 0.136. The summed E-state index contributed by atoms with van der Waals surface area (Å²) in [7, 11) is 1.93. The fourth-order valence-electron chi connectivity index (χ4n) is 10.3. The molecule has 208 valence electrons. The minimum Gasteiger partial charge on any atom is -0.481 e. The van der Waals surface area contributed by atoms with E-state index in [-0.39, 0.29) is 24.0 Å². The summed E-state index contributed by atoms with van der Waals surface area (Å²) in [6, 6.07) is 0.202. The summed E-state index contributed by atoms with van der Waals surface area (Å²) in [5.41, 5.74) is 2.24. The first-order valence-electron chi connectivity index (χ1n) is 15.4. The van der Waals surface area contributed by atoms with Gasteiger partial charge in [-0.15, -0.1) is 0 Å². The van der Waals surface area contributed by atoms with Gasteiger partial charge in [-0.05, 0) is 124 Å². The van der Waals surface area contributed by atoms with E-state index in [0.717, 1.165) is 56.3 Å². The number of nitrogens with zero attached hydrogens (tertiary/aromatic N) is 1. The summed E-state index contributed by atoms with van der Waals surface area (Å²) >= 11 is 0. The Morgan fingerprint density at radius 3 is 2.46 bits per heavy atom. The lowest BCUT2D eigenvalue weighted by molar-refractivity contribution is -0.143. The number of carbonyl (C=O) groups is 2. The van der Waals surface area contributed by atoms with Crippen LogP contribution in [0.2, 0.25) is 0 Å². The zero-order valence-corrected chi connectivity index (χ0v) is 23.8. The molecule has 0 aromatic heterocycles. The molecule has 4 fully saturated rings. The molecule has 0 heterocycles. The molecule has 37 heavy (non-hydrogen) atoms. The number of hydrogen-bond donors (Lipinski definition) is 2. The number of fused-ring (bicyclic) bond motifs is 5. The number of aliphatic carboxylic acids is 1. The Hall–Kier alpha value is -1.36. The average Bonchev–Trinajstić information content (AvgIpc) is 3.24. The summed E-state index contributed by atoms with van der Waals surface area (Å²) in [5, 5.41) is 19.6.